The molecule has 1 N–H and O–H groups in total. The molecular weight excluding hydrogens is 400 g/mol. The van der Waals surface area contributed by atoms with Crippen LogP contribution in [0.4, 0.5) is 5.69 Å². The Balaban J connectivity index is 1.45. The normalized spacial score (nSPS) is 12.9. The van der Waals surface area contributed by atoms with E-state index in [2.05, 4.69) is 11.4 Å². The molecule has 0 fully saturated rings. The zero-order chi connectivity index (χ0) is 19.3. The van der Waals surface area contributed by atoms with Crippen LogP contribution in [0.25, 0.3) is 0 Å². The van der Waals surface area contributed by atoms with Gasteiger partial charge in [0, 0.05) is 23.6 Å². The molecule has 3 aromatic rings. The molecule has 1 amide bonds. The monoisotopic (exact) mass is 418 g/mol. The molecule has 6 nitrogen and oxygen atoms in total. The molecule has 0 saturated carbocycles. The fourth-order valence-corrected chi connectivity index (χ4v) is 3.91. The number of furan rings is 1. The second kappa shape index (κ2) is 8.68. The maximum Gasteiger partial charge on any atom is 0.238 e. The van der Waals surface area contributed by atoms with Crippen LogP contribution in [-0.2, 0) is 17.9 Å². The van der Waals surface area contributed by atoms with E-state index in [0.29, 0.717) is 48.5 Å². The van der Waals surface area contributed by atoms with E-state index < -0.39 is 0 Å². The first-order valence-corrected chi connectivity index (χ1v) is 10.1. The highest BCUT2D eigenvalue weighted by Crippen LogP contribution is 2.37. The van der Waals surface area contributed by atoms with Crippen molar-refractivity contribution in [3.8, 4) is 11.5 Å². The highest BCUT2D eigenvalue weighted by Gasteiger charge is 2.18. The number of hydrogen-bond acceptors (Lipinski definition) is 6. The third kappa shape index (κ3) is 4.67. The lowest BCUT2D eigenvalue weighted by molar-refractivity contribution is -0.117. The van der Waals surface area contributed by atoms with E-state index >= 15 is 0 Å². The van der Waals surface area contributed by atoms with Crippen molar-refractivity contribution in [2.75, 3.05) is 25.1 Å². The van der Waals surface area contributed by atoms with E-state index in [1.54, 1.807) is 29.7 Å². The number of halogens is 1. The van der Waals surface area contributed by atoms with E-state index in [4.69, 9.17) is 25.5 Å². The number of hydrogen-bond donors (Lipinski definition) is 1. The van der Waals surface area contributed by atoms with Crippen LogP contribution in [0.5, 0.6) is 11.5 Å². The van der Waals surface area contributed by atoms with Crippen LogP contribution >= 0.6 is 22.9 Å². The number of thiophene rings is 1. The topological polar surface area (TPSA) is 63.9 Å². The Hall–Kier alpha value is -2.48. The second-order valence-electron chi connectivity index (χ2n) is 6.33. The molecule has 0 atom stereocenters. The lowest BCUT2D eigenvalue weighted by atomic mass is 10.2. The lowest BCUT2D eigenvalue weighted by Crippen LogP contribution is -2.32. The summed E-state index contributed by atoms with van der Waals surface area (Å²) < 4.78 is 16.5. The first-order chi connectivity index (χ1) is 13.7. The molecular formula is C20H19ClN2O4S. The average Bonchev–Trinajstić information content (AvgIpc) is 3.36. The minimum absolute atomic E-state index is 0.165. The molecule has 146 valence electrons. The summed E-state index contributed by atoms with van der Waals surface area (Å²) in [6.07, 6.45) is 1.63. The maximum atomic E-state index is 12.7. The van der Waals surface area contributed by atoms with E-state index in [-0.39, 0.29) is 12.5 Å². The Bertz CT molecular complexity index is 892. The van der Waals surface area contributed by atoms with Crippen molar-refractivity contribution < 1.29 is 18.7 Å². The third-order valence-corrected chi connectivity index (χ3v) is 5.37. The lowest BCUT2D eigenvalue weighted by Gasteiger charge is -2.22. The van der Waals surface area contributed by atoms with Gasteiger partial charge in [0.25, 0.3) is 0 Å². The summed E-state index contributed by atoms with van der Waals surface area (Å²) in [5.74, 6) is 1.81. The van der Waals surface area contributed by atoms with Crippen LogP contribution in [0.1, 0.15) is 10.6 Å². The van der Waals surface area contributed by atoms with Gasteiger partial charge in [-0.15, -0.1) is 11.3 Å². The second-order valence-corrected chi connectivity index (χ2v) is 7.77. The number of ether oxygens (including phenoxy) is 2. The minimum Gasteiger partial charge on any atom is -0.486 e. The molecule has 28 heavy (non-hydrogen) atoms. The number of anilines is 1. The molecule has 0 radical (unpaired) electrons. The molecule has 0 spiro atoms. The van der Waals surface area contributed by atoms with Gasteiger partial charge in [-0.1, -0.05) is 17.7 Å². The number of nitrogens with zero attached hydrogens (tertiary/aromatic N) is 1. The van der Waals surface area contributed by atoms with Gasteiger partial charge in [0.2, 0.25) is 5.91 Å². The number of rotatable bonds is 7. The molecule has 1 aliphatic heterocycles. The van der Waals surface area contributed by atoms with Crippen LogP contribution in [0, 0.1) is 0 Å². The predicted octanol–water partition coefficient (Wildman–Crippen LogP) is 4.41. The molecule has 4 rings (SSSR count). The fraction of sp³-hybridized carbons (Fsp3) is 0.250. The van der Waals surface area contributed by atoms with E-state index in [0.717, 1.165) is 5.76 Å². The Morgan fingerprint density at radius 1 is 1.14 bits per heavy atom. The van der Waals surface area contributed by atoms with Crippen molar-refractivity contribution in [2.45, 2.75) is 13.1 Å². The SMILES string of the molecule is O=C(CN(Cc1ccco1)Cc1cccs1)Nc1cc2c(cc1Cl)OCCO2. The van der Waals surface area contributed by atoms with Gasteiger partial charge < -0.3 is 19.2 Å². The summed E-state index contributed by atoms with van der Waals surface area (Å²) >= 11 is 7.95. The maximum absolute atomic E-state index is 12.7. The van der Waals surface area contributed by atoms with Gasteiger partial charge in [0.05, 0.1) is 30.1 Å². The summed E-state index contributed by atoms with van der Waals surface area (Å²) in [6, 6.07) is 11.2. The van der Waals surface area contributed by atoms with Crippen molar-refractivity contribution in [3.63, 3.8) is 0 Å². The van der Waals surface area contributed by atoms with Crippen molar-refractivity contribution in [2.24, 2.45) is 0 Å². The summed E-state index contributed by atoms with van der Waals surface area (Å²) in [5, 5.41) is 5.31. The summed E-state index contributed by atoms with van der Waals surface area (Å²) in [5.41, 5.74) is 0.505. The highest BCUT2D eigenvalue weighted by molar-refractivity contribution is 7.09. The van der Waals surface area contributed by atoms with Crippen LogP contribution in [0.15, 0.2) is 52.5 Å². The molecule has 8 heteroatoms. The first kappa shape index (κ1) is 18.9. The molecule has 0 unspecified atom stereocenters. The van der Waals surface area contributed by atoms with Gasteiger partial charge in [-0.2, -0.15) is 0 Å². The Morgan fingerprint density at radius 3 is 2.68 bits per heavy atom. The fourth-order valence-electron chi connectivity index (χ4n) is 2.97. The van der Waals surface area contributed by atoms with E-state index in [9.17, 15) is 4.79 Å². The van der Waals surface area contributed by atoms with Gasteiger partial charge in [-0.3, -0.25) is 9.69 Å². The number of carbonyl (C=O) groups excluding carboxylic acids is 1. The zero-order valence-corrected chi connectivity index (χ0v) is 16.6. The van der Waals surface area contributed by atoms with Crippen molar-refractivity contribution in [1.29, 1.82) is 0 Å². The number of nitrogens with one attached hydrogen (secondary N) is 1. The first-order valence-electron chi connectivity index (χ1n) is 8.83. The molecule has 3 heterocycles. The van der Waals surface area contributed by atoms with Crippen LogP contribution in [0.3, 0.4) is 0 Å². The average molecular weight is 419 g/mol. The number of fused-ring (bicyclic) bond motifs is 1. The Kier molecular flexibility index (Phi) is 5.85. The van der Waals surface area contributed by atoms with E-state index in [1.807, 2.05) is 28.5 Å². The van der Waals surface area contributed by atoms with Crippen LogP contribution < -0.4 is 14.8 Å². The summed E-state index contributed by atoms with van der Waals surface area (Å²) in [6.45, 7) is 2.34. The third-order valence-electron chi connectivity index (χ3n) is 4.19. The Morgan fingerprint density at radius 2 is 1.96 bits per heavy atom. The molecule has 1 aromatic carbocycles. The van der Waals surface area contributed by atoms with Crippen LogP contribution in [-0.4, -0.2) is 30.6 Å². The van der Waals surface area contributed by atoms with Gasteiger partial charge in [0.15, 0.2) is 11.5 Å². The smallest absolute Gasteiger partial charge is 0.238 e. The number of amides is 1. The standard InChI is InChI=1S/C20H19ClN2O4S/c21-16-9-18-19(27-7-6-26-18)10-17(16)22-20(24)13-23(11-14-3-1-5-25-14)12-15-4-2-8-28-15/h1-5,8-10H,6-7,11-13H2,(H,22,24). The summed E-state index contributed by atoms with van der Waals surface area (Å²) in [4.78, 5) is 15.9. The number of carbonyl (C=O) groups is 1. The highest BCUT2D eigenvalue weighted by atomic mass is 35.5. The predicted molar refractivity (Wildman–Crippen MR) is 108 cm³/mol. The minimum atomic E-state index is -0.165. The Labute approximate surface area is 171 Å². The molecule has 2 aromatic heterocycles. The van der Waals surface area contributed by atoms with Crippen LogP contribution in [0.2, 0.25) is 5.02 Å². The molecule has 0 saturated heterocycles. The molecule has 1 aliphatic rings. The van der Waals surface area contributed by atoms with Crippen molar-refractivity contribution in [1.82, 2.24) is 4.90 Å². The summed E-state index contributed by atoms with van der Waals surface area (Å²) in [7, 11) is 0. The zero-order valence-electron chi connectivity index (χ0n) is 15.0. The van der Waals surface area contributed by atoms with Gasteiger partial charge in [-0.05, 0) is 23.6 Å². The molecule has 0 bridgehead atoms. The van der Waals surface area contributed by atoms with Gasteiger partial charge >= 0.3 is 0 Å². The number of benzene rings is 1. The van der Waals surface area contributed by atoms with Gasteiger partial charge in [-0.25, -0.2) is 0 Å². The van der Waals surface area contributed by atoms with E-state index in [1.165, 1.54) is 4.88 Å². The van der Waals surface area contributed by atoms with Gasteiger partial charge in [0.1, 0.15) is 19.0 Å². The largest absolute Gasteiger partial charge is 0.486 e. The van der Waals surface area contributed by atoms with Crippen molar-refractivity contribution >= 4 is 34.5 Å². The molecule has 0 aliphatic carbocycles. The van der Waals surface area contributed by atoms with Crippen molar-refractivity contribution in [3.05, 3.63) is 63.7 Å². The quantitative estimate of drug-likeness (QED) is 0.615.